The Kier molecular flexibility index (Phi) is 5.14. The topological polar surface area (TPSA) is 64.4 Å². The molecule has 0 aromatic carbocycles. The van der Waals surface area contributed by atoms with Gasteiger partial charge < -0.3 is 14.6 Å². The number of amides is 1. The van der Waals surface area contributed by atoms with Crippen LogP contribution in [0.3, 0.4) is 0 Å². The van der Waals surface area contributed by atoms with Crippen LogP contribution in [0.4, 0.5) is 0 Å². The van der Waals surface area contributed by atoms with Gasteiger partial charge in [-0.25, -0.2) is 0 Å². The normalized spacial score (nSPS) is 11.5. The molecule has 0 aliphatic rings. The van der Waals surface area contributed by atoms with Crippen molar-refractivity contribution in [3.05, 3.63) is 17.5 Å². The zero-order valence-corrected chi connectivity index (χ0v) is 11.8. The molecular weight excluding hydrogens is 288 g/mol. The molecule has 0 atom stereocenters. The summed E-state index contributed by atoms with van der Waals surface area (Å²) in [6.45, 7) is 4.23. The first-order chi connectivity index (χ1) is 7.98. The first kappa shape index (κ1) is 14.2. The molecule has 1 aromatic heterocycles. The second-order valence-corrected chi connectivity index (χ2v) is 5.18. The maximum absolute atomic E-state index is 11.9. The van der Waals surface area contributed by atoms with Gasteiger partial charge in [-0.3, -0.25) is 4.79 Å². The summed E-state index contributed by atoms with van der Waals surface area (Å²) < 4.78 is 9.84. The molecule has 5 nitrogen and oxygen atoms in total. The number of aromatic nitrogens is 1. The van der Waals surface area contributed by atoms with E-state index in [4.69, 9.17) is 9.26 Å². The number of nitrogens with zero attached hydrogens (tertiary/aromatic N) is 1. The average molecular weight is 305 g/mol. The molecule has 0 aliphatic carbocycles. The average Bonchev–Trinajstić information content (AvgIpc) is 2.66. The van der Waals surface area contributed by atoms with E-state index in [2.05, 4.69) is 26.4 Å². The van der Waals surface area contributed by atoms with Crippen LogP contribution in [-0.2, 0) is 11.3 Å². The summed E-state index contributed by atoms with van der Waals surface area (Å²) >= 11 is 3.35. The summed E-state index contributed by atoms with van der Waals surface area (Å²) in [6.07, 6.45) is 0.835. The van der Waals surface area contributed by atoms with Gasteiger partial charge in [-0.1, -0.05) is 21.1 Å². The molecule has 0 aliphatic heterocycles. The lowest BCUT2D eigenvalue weighted by atomic mass is 10.0. The van der Waals surface area contributed by atoms with Crippen LogP contribution in [0, 0.1) is 0 Å². The van der Waals surface area contributed by atoms with Crippen molar-refractivity contribution in [3.63, 3.8) is 0 Å². The first-order valence-corrected chi connectivity index (χ1v) is 6.43. The SMILES string of the molecule is COCc1cc(C(=O)NC(C)(C)CCBr)no1. The van der Waals surface area contributed by atoms with Gasteiger partial charge in [0.1, 0.15) is 6.61 Å². The van der Waals surface area contributed by atoms with Crippen LogP contribution < -0.4 is 5.32 Å². The van der Waals surface area contributed by atoms with Crippen LogP contribution in [0.15, 0.2) is 10.6 Å². The Morgan fingerprint density at radius 3 is 2.94 bits per heavy atom. The number of halogens is 1. The smallest absolute Gasteiger partial charge is 0.273 e. The number of methoxy groups -OCH3 is 1. The number of rotatable bonds is 6. The van der Waals surface area contributed by atoms with E-state index in [1.165, 1.54) is 0 Å². The molecule has 0 saturated carbocycles. The molecule has 0 bridgehead atoms. The van der Waals surface area contributed by atoms with Gasteiger partial charge in [0, 0.05) is 24.0 Å². The Morgan fingerprint density at radius 2 is 2.35 bits per heavy atom. The number of carbonyl (C=O) groups is 1. The van der Waals surface area contributed by atoms with Crippen LogP contribution in [0.25, 0.3) is 0 Å². The van der Waals surface area contributed by atoms with Crippen LogP contribution in [0.5, 0.6) is 0 Å². The number of alkyl halides is 1. The van der Waals surface area contributed by atoms with Gasteiger partial charge in [0.25, 0.3) is 5.91 Å². The largest absolute Gasteiger partial charge is 0.377 e. The zero-order valence-electron chi connectivity index (χ0n) is 10.2. The predicted octanol–water partition coefficient (Wildman–Crippen LogP) is 2.11. The molecule has 0 fully saturated rings. The second-order valence-electron chi connectivity index (χ2n) is 4.39. The number of nitrogens with one attached hydrogen (secondary N) is 1. The number of ether oxygens (including phenoxy) is 1. The summed E-state index contributed by atoms with van der Waals surface area (Å²) in [7, 11) is 1.56. The summed E-state index contributed by atoms with van der Waals surface area (Å²) in [6, 6.07) is 1.59. The van der Waals surface area contributed by atoms with Crippen molar-refractivity contribution < 1.29 is 14.1 Å². The molecule has 0 spiro atoms. The Bertz CT molecular complexity index is 377. The van der Waals surface area contributed by atoms with Crippen molar-refractivity contribution in [2.24, 2.45) is 0 Å². The third-order valence-electron chi connectivity index (χ3n) is 2.25. The highest BCUT2D eigenvalue weighted by Crippen LogP contribution is 2.12. The lowest BCUT2D eigenvalue weighted by molar-refractivity contribution is 0.0902. The van der Waals surface area contributed by atoms with E-state index < -0.39 is 0 Å². The fourth-order valence-corrected chi connectivity index (χ4v) is 2.29. The van der Waals surface area contributed by atoms with Gasteiger partial charge in [0.05, 0.1) is 0 Å². The second kappa shape index (κ2) is 6.16. The van der Waals surface area contributed by atoms with E-state index >= 15 is 0 Å². The van der Waals surface area contributed by atoms with E-state index in [1.807, 2.05) is 13.8 Å². The van der Waals surface area contributed by atoms with Gasteiger partial charge in [0.15, 0.2) is 11.5 Å². The van der Waals surface area contributed by atoms with Gasteiger partial charge in [-0.15, -0.1) is 0 Å². The highest BCUT2D eigenvalue weighted by molar-refractivity contribution is 9.09. The third-order valence-corrected chi connectivity index (χ3v) is 2.65. The molecule has 96 valence electrons. The Balaban J connectivity index is 2.63. The van der Waals surface area contributed by atoms with Crippen molar-refractivity contribution in [3.8, 4) is 0 Å². The van der Waals surface area contributed by atoms with Gasteiger partial charge in [0.2, 0.25) is 0 Å². The molecule has 0 saturated heterocycles. The molecule has 6 heteroatoms. The van der Waals surface area contributed by atoms with Crippen molar-refractivity contribution in [1.29, 1.82) is 0 Å². The molecule has 1 heterocycles. The van der Waals surface area contributed by atoms with E-state index in [1.54, 1.807) is 13.2 Å². The maximum atomic E-state index is 11.9. The minimum absolute atomic E-state index is 0.234. The molecule has 1 aromatic rings. The molecule has 0 unspecified atom stereocenters. The van der Waals surface area contributed by atoms with E-state index in [9.17, 15) is 4.79 Å². The monoisotopic (exact) mass is 304 g/mol. The molecule has 17 heavy (non-hydrogen) atoms. The fraction of sp³-hybridized carbons (Fsp3) is 0.636. The van der Waals surface area contributed by atoms with Gasteiger partial charge in [-0.05, 0) is 20.3 Å². The molecular formula is C11H17BrN2O3. The third kappa shape index (κ3) is 4.47. The molecule has 0 radical (unpaired) electrons. The Morgan fingerprint density at radius 1 is 1.65 bits per heavy atom. The highest BCUT2D eigenvalue weighted by Gasteiger charge is 2.22. The van der Waals surface area contributed by atoms with Gasteiger partial charge >= 0.3 is 0 Å². The van der Waals surface area contributed by atoms with E-state index in [-0.39, 0.29) is 17.1 Å². The Labute approximate surface area is 109 Å². The minimum atomic E-state index is -0.277. The predicted molar refractivity (Wildman–Crippen MR) is 67.2 cm³/mol. The summed E-state index contributed by atoms with van der Waals surface area (Å²) in [5, 5.41) is 7.42. The van der Waals surface area contributed by atoms with Crippen LogP contribution in [-0.4, -0.2) is 29.0 Å². The van der Waals surface area contributed by atoms with Gasteiger partial charge in [-0.2, -0.15) is 0 Å². The standard InChI is InChI=1S/C11H17BrN2O3/c1-11(2,4-5-12)13-10(15)9-6-8(7-16-3)17-14-9/h6H,4-5,7H2,1-3H3,(H,13,15). The zero-order chi connectivity index (χ0) is 12.9. The van der Waals surface area contributed by atoms with E-state index in [0.717, 1.165) is 11.8 Å². The molecule has 1 rings (SSSR count). The molecule has 1 N–H and O–H groups in total. The summed E-state index contributed by atoms with van der Waals surface area (Å²) in [5.41, 5.74) is 0.000665. The lowest BCUT2D eigenvalue weighted by Crippen LogP contribution is -2.43. The maximum Gasteiger partial charge on any atom is 0.273 e. The van der Waals surface area contributed by atoms with E-state index in [0.29, 0.717) is 12.4 Å². The lowest BCUT2D eigenvalue weighted by Gasteiger charge is -2.24. The van der Waals surface area contributed by atoms with Crippen LogP contribution >= 0.6 is 15.9 Å². The summed E-state index contributed by atoms with van der Waals surface area (Å²) in [5.74, 6) is 0.304. The first-order valence-electron chi connectivity index (χ1n) is 5.31. The number of hydrogen-bond acceptors (Lipinski definition) is 4. The quantitative estimate of drug-likeness (QED) is 0.818. The highest BCUT2D eigenvalue weighted by atomic mass is 79.9. The summed E-state index contributed by atoms with van der Waals surface area (Å²) in [4.78, 5) is 11.9. The van der Waals surface area contributed by atoms with Crippen molar-refractivity contribution in [2.75, 3.05) is 12.4 Å². The Hall–Kier alpha value is -0.880. The number of hydrogen-bond donors (Lipinski definition) is 1. The van der Waals surface area contributed by atoms with Crippen molar-refractivity contribution >= 4 is 21.8 Å². The van der Waals surface area contributed by atoms with Crippen LogP contribution in [0.1, 0.15) is 36.5 Å². The van der Waals surface area contributed by atoms with Crippen LogP contribution in [0.2, 0.25) is 0 Å². The number of carbonyl (C=O) groups excluding carboxylic acids is 1. The van der Waals surface area contributed by atoms with Crippen molar-refractivity contribution in [1.82, 2.24) is 10.5 Å². The minimum Gasteiger partial charge on any atom is -0.377 e. The fourth-order valence-electron chi connectivity index (χ4n) is 1.30. The van der Waals surface area contributed by atoms with Crippen molar-refractivity contribution in [2.45, 2.75) is 32.4 Å². The molecule has 1 amide bonds.